The Kier molecular flexibility index (Phi) is 4.83. The Morgan fingerprint density at radius 3 is 2.62 bits per heavy atom. The van der Waals surface area contributed by atoms with E-state index in [0.717, 1.165) is 18.4 Å². The summed E-state index contributed by atoms with van der Waals surface area (Å²) in [5, 5.41) is 9.03. The van der Waals surface area contributed by atoms with E-state index in [9.17, 15) is 9.59 Å². The zero-order valence-corrected chi connectivity index (χ0v) is 12.4. The highest BCUT2D eigenvalue weighted by atomic mass is 16.5. The number of carboxylic acids is 1. The van der Waals surface area contributed by atoms with Crippen molar-refractivity contribution in [3.05, 3.63) is 29.8 Å². The van der Waals surface area contributed by atoms with Gasteiger partial charge in [0.15, 0.2) is 0 Å². The van der Waals surface area contributed by atoms with E-state index in [0.29, 0.717) is 5.75 Å². The standard InChI is InChI=1S/C16H21NO4/c1-11(16(19)20)10-17(13-7-8-13)15(18)9-12-5-3-4-6-14(12)21-2/h3-6,11,13H,7-10H2,1-2H3,(H,19,20). The minimum absolute atomic E-state index is 0.0323. The van der Waals surface area contributed by atoms with Crippen molar-refractivity contribution in [1.29, 1.82) is 0 Å². The summed E-state index contributed by atoms with van der Waals surface area (Å²) in [5.41, 5.74) is 0.832. The SMILES string of the molecule is COc1ccccc1CC(=O)N(CC(C)C(=O)O)C1CC1. The van der Waals surface area contributed by atoms with Gasteiger partial charge < -0.3 is 14.7 Å². The third kappa shape index (κ3) is 3.97. The Labute approximate surface area is 124 Å². The highest BCUT2D eigenvalue weighted by molar-refractivity contribution is 5.81. The van der Waals surface area contributed by atoms with Crippen LogP contribution in [0.3, 0.4) is 0 Å². The molecular formula is C16H21NO4. The Morgan fingerprint density at radius 2 is 2.05 bits per heavy atom. The summed E-state index contributed by atoms with van der Waals surface area (Å²) in [7, 11) is 1.58. The fraction of sp³-hybridized carbons (Fsp3) is 0.500. The molecule has 1 aromatic carbocycles. The van der Waals surface area contributed by atoms with Crippen LogP contribution in [0.15, 0.2) is 24.3 Å². The molecule has 1 aliphatic carbocycles. The maximum Gasteiger partial charge on any atom is 0.308 e. The molecular weight excluding hydrogens is 270 g/mol. The molecule has 0 radical (unpaired) electrons. The average molecular weight is 291 g/mol. The van der Waals surface area contributed by atoms with E-state index in [1.54, 1.807) is 18.9 Å². The maximum atomic E-state index is 12.5. The van der Waals surface area contributed by atoms with Crippen molar-refractivity contribution in [2.75, 3.05) is 13.7 Å². The highest BCUT2D eigenvalue weighted by Crippen LogP contribution is 2.29. The Bertz CT molecular complexity index is 525. The van der Waals surface area contributed by atoms with E-state index in [1.165, 1.54) is 0 Å². The first-order valence-electron chi connectivity index (χ1n) is 7.17. The van der Waals surface area contributed by atoms with Crippen molar-refractivity contribution >= 4 is 11.9 Å². The number of ether oxygens (including phenoxy) is 1. The summed E-state index contributed by atoms with van der Waals surface area (Å²) in [5.74, 6) is -0.763. The number of rotatable bonds is 7. The topological polar surface area (TPSA) is 66.8 Å². The first kappa shape index (κ1) is 15.4. The van der Waals surface area contributed by atoms with Crippen molar-refractivity contribution in [3.8, 4) is 5.75 Å². The molecule has 5 nitrogen and oxygen atoms in total. The predicted octanol–water partition coefficient (Wildman–Crippen LogP) is 1.95. The molecule has 1 unspecified atom stereocenters. The van der Waals surface area contributed by atoms with E-state index < -0.39 is 11.9 Å². The number of benzene rings is 1. The van der Waals surface area contributed by atoms with Crippen molar-refractivity contribution in [2.45, 2.75) is 32.2 Å². The lowest BCUT2D eigenvalue weighted by Gasteiger charge is -2.24. The number of hydrogen-bond donors (Lipinski definition) is 1. The van der Waals surface area contributed by atoms with Gasteiger partial charge in [-0.2, -0.15) is 0 Å². The van der Waals surface area contributed by atoms with Gasteiger partial charge in [0, 0.05) is 18.2 Å². The van der Waals surface area contributed by atoms with E-state index in [1.807, 2.05) is 24.3 Å². The largest absolute Gasteiger partial charge is 0.496 e. The monoisotopic (exact) mass is 291 g/mol. The van der Waals surface area contributed by atoms with Crippen LogP contribution in [0.25, 0.3) is 0 Å². The van der Waals surface area contributed by atoms with E-state index >= 15 is 0 Å². The Hall–Kier alpha value is -2.04. The third-order valence-corrected chi connectivity index (χ3v) is 3.73. The van der Waals surface area contributed by atoms with Crippen LogP contribution in [-0.4, -0.2) is 41.6 Å². The molecule has 21 heavy (non-hydrogen) atoms. The van der Waals surface area contributed by atoms with Gasteiger partial charge >= 0.3 is 5.97 Å². The first-order valence-corrected chi connectivity index (χ1v) is 7.17. The van der Waals surface area contributed by atoms with Crippen LogP contribution >= 0.6 is 0 Å². The normalized spacial score (nSPS) is 15.3. The molecule has 114 valence electrons. The molecule has 1 N–H and O–H groups in total. The molecule has 0 aromatic heterocycles. The van der Waals surface area contributed by atoms with E-state index in [4.69, 9.17) is 9.84 Å². The van der Waals surface area contributed by atoms with Gasteiger partial charge in [-0.1, -0.05) is 25.1 Å². The molecule has 0 bridgehead atoms. The Morgan fingerprint density at radius 1 is 1.38 bits per heavy atom. The third-order valence-electron chi connectivity index (χ3n) is 3.73. The highest BCUT2D eigenvalue weighted by Gasteiger charge is 2.34. The molecule has 1 aromatic rings. The minimum atomic E-state index is -0.870. The average Bonchev–Trinajstić information content (AvgIpc) is 3.29. The minimum Gasteiger partial charge on any atom is -0.496 e. The number of nitrogens with zero attached hydrogens (tertiary/aromatic N) is 1. The quantitative estimate of drug-likeness (QED) is 0.834. The van der Waals surface area contributed by atoms with Crippen LogP contribution in [0.1, 0.15) is 25.3 Å². The molecule has 1 atom stereocenters. The van der Waals surface area contributed by atoms with Crippen molar-refractivity contribution in [1.82, 2.24) is 4.90 Å². The maximum absolute atomic E-state index is 12.5. The van der Waals surface area contributed by atoms with Crippen LogP contribution in [-0.2, 0) is 16.0 Å². The van der Waals surface area contributed by atoms with Gasteiger partial charge in [0.1, 0.15) is 5.75 Å². The van der Waals surface area contributed by atoms with Gasteiger partial charge in [0.2, 0.25) is 5.91 Å². The first-order chi connectivity index (χ1) is 10.0. The number of aliphatic carboxylic acids is 1. The summed E-state index contributed by atoms with van der Waals surface area (Å²) in [4.78, 5) is 25.2. The van der Waals surface area contributed by atoms with Gasteiger partial charge in [-0.3, -0.25) is 9.59 Å². The number of amides is 1. The molecule has 0 spiro atoms. The molecule has 1 saturated carbocycles. The molecule has 1 amide bonds. The second-order valence-corrected chi connectivity index (χ2v) is 5.51. The van der Waals surface area contributed by atoms with Gasteiger partial charge in [0.05, 0.1) is 19.4 Å². The number of methoxy groups -OCH3 is 1. The molecule has 1 aliphatic rings. The van der Waals surface area contributed by atoms with Crippen molar-refractivity contribution in [3.63, 3.8) is 0 Å². The second-order valence-electron chi connectivity index (χ2n) is 5.51. The molecule has 0 heterocycles. The van der Waals surface area contributed by atoms with Crippen molar-refractivity contribution < 1.29 is 19.4 Å². The van der Waals surface area contributed by atoms with Gasteiger partial charge in [-0.05, 0) is 18.9 Å². The van der Waals surface area contributed by atoms with E-state index in [-0.39, 0.29) is 24.9 Å². The molecule has 0 saturated heterocycles. The van der Waals surface area contributed by atoms with Crippen molar-refractivity contribution in [2.24, 2.45) is 5.92 Å². The number of para-hydroxylation sites is 1. The summed E-state index contributed by atoms with van der Waals surface area (Å²) in [6.45, 7) is 1.90. The lowest BCUT2D eigenvalue weighted by Crippen LogP contribution is -2.39. The summed E-state index contributed by atoms with van der Waals surface area (Å²) in [6.07, 6.45) is 2.17. The molecule has 2 rings (SSSR count). The lowest BCUT2D eigenvalue weighted by molar-refractivity contribution is -0.143. The van der Waals surface area contributed by atoms with Crippen LogP contribution in [0.4, 0.5) is 0 Å². The fourth-order valence-corrected chi connectivity index (χ4v) is 2.33. The number of carbonyl (C=O) groups excluding carboxylic acids is 1. The van der Waals surface area contributed by atoms with E-state index in [2.05, 4.69) is 0 Å². The van der Waals surface area contributed by atoms with Crippen LogP contribution < -0.4 is 4.74 Å². The molecule has 1 fully saturated rings. The molecule has 5 heteroatoms. The van der Waals surface area contributed by atoms with Gasteiger partial charge in [0.25, 0.3) is 0 Å². The number of carboxylic acid groups (broad SMARTS) is 1. The van der Waals surface area contributed by atoms with Crippen LogP contribution in [0.5, 0.6) is 5.75 Å². The Balaban J connectivity index is 2.07. The van der Waals surface area contributed by atoms with Gasteiger partial charge in [-0.15, -0.1) is 0 Å². The number of carbonyl (C=O) groups is 2. The second kappa shape index (κ2) is 6.61. The fourth-order valence-electron chi connectivity index (χ4n) is 2.33. The smallest absolute Gasteiger partial charge is 0.308 e. The van der Waals surface area contributed by atoms with Crippen LogP contribution in [0, 0.1) is 5.92 Å². The molecule has 0 aliphatic heterocycles. The summed E-state index contributed by atoms with van der Waals surface area (Å²) in [6, 6.07) is 7.62. The zero-order valence-electron chi connectivity index (χ0n) is 12.4. The van der Waals surface area contributed by atoms with Crippen LogP contribution in [0.2, 0.25) is 0 Å². The summed E-state index contributed by atoms with van der Waals surface area (Å²) < 4.78 is 5.26. The lowest BCUT2D eigenvalue weighted by atomic mass is 10.1. The zero-order chi connectivity index (χ0) is 15.4. The summed E-state index contributed by atoms with van der Waals surface area (Å²) >= 11 is 0. The van der Waals surface area contributed by atoms with Gasteiger partial charge in [-0.25, -0.2) is 0 Å². The predicted molar refractivity (Wildman–Crippen MR) is 78.2 cm³/mol. The number of hydrogen-bond acceptors (Lipinski definition) is 3.